The third-order valence-electron chi connectivity index (χ3n) is 11.4. The molecule has 0 bridgehead atoms. The maximum Gasteiger partial charge on any atom is 0.164 e. The summed E-state index contributed by atoms with van der Waals surface area (Å²) in [4.78, 5) is 18.0. The van der Waals surface area contributed by atoms with E-state index in [-0.39, 0.29) is 16.2 Å². The zero-order valence-corrected chi connectivity index (χ0v) is 37.0. The summed E-state index contributed by atoms with van der Waals surface area (Å²) < 4.78 is 0. The summed E-state index contributed by atoms with van der Waals surface area (Å²) in [5.41, 5.74) is 14.1. The van der Waals surface area contributed by atoms with Crippen LogP contribution in [-0.4, -0.2) is 15.0 Å². The Hall–Kier alpha value is -6.65. The second-order valence-corrected chi connectivity index (χ2v) is 19.1. The minimum Gasteiger partial charge on any atom is -0.309 e. The van der Waals surface area contributed by atoms with Crippen molar-refractivity contribution in [1.82, 2.24) is 15.0 Å². The minimum absolute atomic E-state index is 0.00206. The maximum atomic E-state index is 5.24. The molecule has 1 aromatic heterocycles. The fourth-order valence-corrected chi connectivity index (χ4v) is 7.92. The maximum absolute atomic E-state index is 5.24. The standard InChI is InChI=1S/C57H56N4/c1-55(2,3)44-30-33-46(34-31-44)61(50-35-32-45(56(4,5)6)38-49(50)57(7,8)9)51-47(39-22-14-10-15-23-39)36-43(37-48(51)40-24-16-11-17-25-40)54-59-52(41-26-18-12-19-27-41)58-53(60-54)42-28-20-13-21-29-42/h10-38H,1-9H3. The lowest BCUT2D eigenvalue weighted by atomic mass is 9.79. The second kappa shape index (κ2) is 16.4. The average molecular weight is 797 g/mol. The first-order valence-electron chi connectivity index (χ1n) is 21.4. The quantitative estimate of drug-likeness (QED) is 0.154. The van der Waals surface area contributed by atoms with Crippen molar-refractivity contribution >= 4 is 17.1 Å². The van der Waals surface area contributed by atoms with Gasteiger partial charge in [-0.3, -0.25) is 0 Å². The molecule has 0 amide bonds. The van der Waals surface area contributed by atoms with Crippen LogP contribution < -0.4 is 4.90 Å². The van der Waals surface area contributed by atoms with Gasteiger partial charge in [-0.15, -0.1) is 0 Å². The van der Waals surface area contributed by atoms with Gasteiger partial charge in [0, 0.05) is 39.2 Å². The Morgan fingerprint density at radius 1 is 0.344 bits per heavy atom. The summed E-state index contributed by atoms with van der Waals surface area (Å²) in [6, 6.07) is 62.7. The van der Waals surface area contributed by atoms with Gasteiger partial charge in [0.05, 0.1) is 5.69 Å². The number of nitrogens with zero attached hydrogens (tertiary/aromatic N) is 4. The van der Waals surface area contributed by atoms with E-state index in [1.807, 2.05) is 36.4 Å². The zero-order valence-electron chi connectivity index (χ0n) is 37.0. The summed E-state index contributed by atoms with van der Waals surface area (Å²) in [5, 5.41) is 0. The molecule has 0 radical (unpaired) electrons. The number of aromatic nitrogens is 3. The predicted molar refractivity (Wildman–Crippen MR) is 258 cm³/mol. The van der Waals surface area contributed by atoms with Crippen molar-refractivity contribution in [2.75, 3.05) is 4.90 Å². The predicted octanol–water partition coefficient (Wildman–Crippen LogP) is 15.6. The molecule has 7 aromatic carbocycles. The highest BCUT2D eigenvalue weighted by Crippen LogP contribution is 2.51. The van der Waals surface area contributed by atoms with E-state index in [0.717, 1.165) is 56.0 Å². The van der Waals surface area contributed by atoms with E-state index in [4.69, 9.17) is 15.0 Å². The Kier molecular flexibility index (Phi) is 11.1. The average Bonchev–Trinajstić information content (AvgIpc) is 3.27. The Morgan fingerprint density at radius 2 is 0.721 bits per heavy atom. The Balaban J connectivity index is 1.50. The van der Waals surface area contributed by atoms with Crippen molar-refractivity contribution in [2.45, 2.75) is 78.6 Å². The van der Waals surface area contributed by atoms with Crippen LogP contribution in [0.2, 0.25) is 0 Å². The summed E-state index contributed by atoms with van der Waals surface area (Å²) >= 11 is 0. The van der Waals surface area contributed by atoms with Crippen LogP contribution >= 0.6 is 0 Å². The van der Waals surface area contributed by atoms with Crippen LogP contribution in [0.3, 0.4) is 0 Å². The molecule has 4 nitrogen and oxygen atoms in total. The highest BCUT2D eigenvalue weighted by molar-refractivity contribution is 6.00. The van der Waals surface area contributed by atoms with Crippen molar-refractivity contribution < 1.29 is 0 Å². The number of anilines is 3. The highest BCUT2D eigenvalue weighted by Gasteiger charge is 2.30. The highest BCUT2D eigenvalue weighted by atomic mass is 15.2. The molecule has 0 spiro atoms. The summed E-state index contributed by atoms with van der Waals surface area (Å²) in [6.07, 6.45) is 0. The molecule has 8 aromatic rings. The first-order chi connectivity index (χ1) is 29.1. The minimum atomic E-state index is -0.174. The summed E-state index contributed by atoms with van der Waals surface area (Å²) in [5.74, 6) is 1.87. The SMILES string of the molecule is CC(C)(C)c1ccc(N(c2ccc(C(C)(C)C)cc2C(C)(C)C)c2c(-c3ccccc3)cc(-c3nc(-c4ccccc4)nc(-c4ccccc4)n3)cc2-c2ccccc2)cc1. The summed E-state index contributed by atoms with van der Waals surface area (Å²) in [7, 11) is 0. The van der Waals surface area contributed by atoms with Gasteiger partial charge < -0.3 is 4.90 Å². The lowest BCUT2D eigenvalue weighted by Crippen LogP contribution is -2.22. The number of benzene rings is 7. The molecule has 8 rings (SSSR count). The molecule has 0 saturated carbocycles. The van der Waals surface area contributed by atoms with Crippen LogP contribution in [0.25, 0.3) is 56.4 Å². The van der Waals surface area contributed by atoms with Crippen molar-refractivity contribution in [3.05, 3.63) is 193 Å². The largest absolute Gasteiger partial charge is 0.309 e. The van der Waals surface area contributed by atoms with Gasteiger partial charge in [-0.05, 0) is 74.4 Å². The van der Waals surface area contributed by atoms with Crippen LogP contribution in [0.1, 0.15) is 79.0 Å². The molecule has 0 unspecified atom stereocenters. The Morgan fingerprint density at radius 3 is 1.11 bits per heavy atom. The molecule has 4 heteroatoms. The second-order valence-electron chi connectivity index (χ2n) is 19.1. The molecular weight excluding hydrogens is 741 g/mol. The molecule has 0 saturated heterocycles. The van der Waals surface area contributed by atoms with Gasteiger partial charge in [0.15, 0.2) is 17.5 Å². The van der Waals surface area contributed by atoms with Gasteiger partial charge in [0.25, 0.3) is 0 Å². The van der Waals surface area contributed by atoms with Crippen molar-refractivity contribution in [3.8, 4) is 56.4 Å². The number of hydrogen-bond acceptors (Lipinski definition) is 4. The van der Waals surface area contributed by atoms with E-state index in [1.165, 1.54) is 16.7 Å². The van der Waals surface area contributed by atoms with E-state index in [2.05, 4.69) is 207 Å². The van der Waals surface area contributed by atoms with Gasteiger partial charge in [0.1, 0.15) is 0 Å². The molecule has 61 heavy (non-hydrogen) atoms. The van der Waals surface area contributed by atoms with Gasteiger partial charge in [-0.1, -0.05) is 208 Å². The molecule has 0 N–H and O–H groups in total. The van der Waals surface area contributed by atoms with Crippen LogP contribution in [-0.2, 0) is 16.2 Å². The number of rotatable bonds is 8. The van der Waals surface area contributed by atoms with E-state index in [9.17, 15) is 0 Å². The van der Waals surface area contributed by atoms with Crippen LogP contribution in [0, 0.1) is 0 Å². The van der Waals surface area contributed by atoms with E-state index >= 15 is 0 Å². The third kappa shape index (κ3) is 8.81. The van der Waals surface area contributed by atoms with Gasteiger partial charge in [0.2, 0.25) is 0 Å². The first-order valence-corrected chi connectivity index (χ1v) is 21.4. The van der Waals surface area contributed by atoms with Gasteiger partial charge in [-0.25, -0.2) is 15.0 Å². The smallest absolute Gasteiger partial charge is 0.164 e. The zero-order chi connectivity index (χ0) is 42.9. The van der Waals surface area contributed by atoms with Crippen molar-refractivity contribution in [1.29, 1.82) is 0 Å². The molecule has 0 fully saturated rings. The monoisotopic (exact) mass is 796 g/mol. The van der Waals surface area contributed by atoms with Crippen molar-refractivity contribution in [3.63, 3.8) is 0 Å². The van der Waals surface area contributed by atoms with E-state index < -0.39 is 0 Å². The molecular formula is C57H56N4. The number of hydrogen-bond donors (Lipinski definition) is 0. The van der Waals surface area contributed by atoms with Crippen molar-refractivity contribution in [2.24, 2.45) is 0 Å². The normalized spacial score (nSPS) is 12.0. The van der Waals surface area contributed by atoms with Crippen LogP contribution in [0.5, 0.6) is 0 Å². The lowest BCUT2D eigenvalue weighted by molar-refractivity contribution is 0.569. The summed E-state index contributed by atoms with van der Waals surface area (Å²) in [6.45, 7) is 20.7. The molecule has 304 valence electrons. The molecule has 0 aliphatic rings. The fraction of sp³-hybridized carbons (Fsp3) is 0.211. The Labute approximate surface area is 363 Å². The van der Waals surface area contributed by atoms with Crippen LogP contribution in [0.4, 0.5) is 17.1 Å². The first kappa shape index (κ1) is 41.1. The van der Waals surface area contributed by atoms with E-state index in [0.29, 0.717) is 17.5 Å². The topological polar surface area (TPSA) is 41.9 Å². The van der Waals surface area contributed by atoms with Crippen LogP contribution in [0.15, 0.2) is 176 Å². The fourth-order valence-electron chi connectivity index (χ4n) is 7.92. The third-order valence-corrected chi connectivity index (χ3v) is 11.4. The Bertz CT molecular complexity index is 2640. The van der Waals surface area contributed by atoms with Gasteiger partial charge >= 0.3 is 0 Å². The van der Waals surface area contributed by atoms with Gasteiger partial charge in [-0.2, -0.15) is 0 Å². The lowest BCUT2D eigenvalue weighted by Gasteiger charge is -2.36. The molecule has 1 heterocycles. The molecule has 0 aliphatic carbocycles. The molecule has 0 atom stereocenters. The van der Waals surface area contributed by atoms with E-state index in [1.54, 1.807) is 0 Å². The molecule has 0 aliphatic heterocycles.